The highest BCUT2D eigenvalue weighted by molar-refractivity contribution is 14.1. The molecule has 2 N–H and O–H groups in total. The number of aromatic hydroxyl groups is 1. The van der Waals surface area contributed by atoms with E-state index in [1.807, 2.05) is 22.6 Å². The molecule has 0 saturated carbocycles. The molecule has 2 aromatic rings. The van der Waals surface area contributed by atoms with Gasteiger partial charge in [-0.3, -0.25) is 0 Å². The number of rotatable bonds is 1. The predicted molar refractivity (Wildman–Crippen MR) is 63.8 cm³/mol. The van der Waals surface area contributed by atoms with Crippen molar-refractivity contribution in [3.05, 3.63) is 37.8 Å². The van der Waals surface area contributed by atoms with E-state index in [-0.39, 0.29) is 11.3 Å². The molecule has 5 nitrogen and oxygen atoms in total. The summed E-state index contributed by atoms with van der Waals surface area (Å²) >= 11 is 1.89. The van der Waals surface area contributed by atoms with Crippen molar-refractivity contribution in [2.24, 2.45) is 0 Å². The van der Waals surface area contributed by atoms with Crippen molar-refractivity contribution >= 4 is 39.5 Å². The molecule has 0 saturated heterocycles. The molecule has 0 unspecified atom stereocenters. The molecule has 6 heteroatoms. The average molecular weight is 332 g/mol. The van der Waals surface area contributed by atoms with Crippen molar-refractivity contribution in [1.82, 2.24) is 0 Å². The first-order chi connectivity index (χ1) is 7.49. The van der Waals surface area contributed by atoms with Crippen LogP contribution in [0.25, 0.3) is 11.0 Å². The van der Waals surface area contributed by atoms with Gasteiger partial charge in [0.1, 0.15) is 16.9 Å². The number of carboxylic acid groups (broad SMARTS) is 1. The second kappa shape index (κ2) is 3.78. The molecule has 16 heavy (non-hydrogen) atoms. The molecule has 2 rings (SSSR count). The number of phenols is 1. The van der Waals surface area contributed by atoms with Gasteiger partial charge in [-0.25, -0.2) is 9.59 Å². The molecule has 0 bridgehead atoms. The van der Waals surface area contributed by atoms with Crippen molar-refractivity contribution in [3.63, 3.8) is 0 Å². The third-order valence-corrected chi connectivity index (χ3v) is 2.90. The van der Waals surface area contributed by atoms with Crippen molar-refractivity contribution in [2.75, 3.05) is 0 Å². The number of hydrogen-bond acceptors (Lipinski definition) is 4. The number of aromatic carboxylic acids is 1. The average Bonchev–Trinajstić information content (AvgIpc) is 2.19. The molecule has 0 amide bonds. The van der Waals surface area contributed by atoms with Crippen molar-refractivity contribution in [2.45, 2.75) is 0 Å². The van der Waals surface area contributed by atoms with Crippen LogP contribution in [0.1, 0.15) is 10.4 Å². The standard InChI is InChI=1S/C10H5IO5/c11-6-2-4-1-5(9(13)14)10(15)16-8(4)3-7(6)12/h1-3,12H,(H,13,14). The third-order valence-electron chi connectivity index (χ3n) is 2.03. The fourth-order valence-corrected chi connectivity index (χ4v) is 1.77. The number of hydrogen-bond donors (Lipinski definition) is 2. The summed E-state index contributed by atoms with van der Waals surface area (Å²) in [6.45, 7) is 0. The Labute approximate surface area is 102 Å². The number of carbonyl (C=O) groups is 1. The molecule has 1 aromatic heterocycles. The van der Waals surface area contributed by atoms with Crippen LogP contribution in [0.2, 0.25) is 0 Å². The first-order valence-electron chi connectivity index (χ1n) is 4.18. The van der Waals surface area contributed by atoms with Gasteiger partial charge in [-0.1, -0.05) is 0 Å². The zero-order valence-corrected chi connectivity index (χ0v) is 9.89. The first kappa shape index (κ1) is 10.9. The summed E-state index contributed by atoms with van der Waals surface area (Å²) in [6, 6.07) is 4.05. The highest BCUT2D eigenvalue weighted by Gasteiger charge is 2.13. The molecule has 0 fully saturated rings. The number of phenolic OH excluding ortho intramolecular Hbond substituents is 1. The van der Waals surface area contributed by atoms with E-state index in [2.05, 4.69) is 0 Å². The number of halogens is 1. The normalized spacial score (nSPS) is 10.6. The van der Waals surface area contributed by atoms with Gasteiger partial charge < -0.3 is 14.6 Å². The van der Waals surface area contributed by atoms with Crippen LogP contribution in [0.3, 0.4) is 0 Å². The summed E-state index contributed by atoms with van der Waals surface area (Å²) in [6.07, 6.45) is 0. The fourth-order valence-electron chi connectivity index (χ4n) is 1.28. The molecule has 0 atom stereocenters. The van der Waals surface area contributed by atoms with E-state index in [0.717, 1.165) is 0 Å². The van der Waals surface area contributed by atoms with Crippen LogP contribution in [0.4, 0.5) is 0 Å². The lowest BCUT2D eigenvalue weighted by atomic mass is 10.2. The topological polar surface area (TPSA) is 87.7 Å². The van der Waals surface area contributed by atoms with Gasteiger partial charge in [0.25, 0.3) is 0 Å². The Morgan fingerprint density at radius 1 is 1.31 bits per heavy atom. The molecule has 0 aliphatic heterocycles. The molecular weight excluding hydrogens is 327 g/mol. The minimum absolute atomic E-state index is 0.0145. The Balaban J connectivity index is 2.85. The highest BCUT2D eigenvalue weighted by atomic mass is 127. The zero-order chi connectivity index (χ0) is 11.9. The zero-order valence-electron chi connectivity index (χ0n) is 7.73. The smallest absolute Gasteiger partial charge is 0.351 e. The first-order valence-corrected chi connectivity index (χ1v) is 5.26. The minimum Gasteiger partial charge on any atom is -0.507 e. The quantitative estimate of drug-likeness (QED) is 0.614. The van der Waals surface area contributed by atoms with Gasteiger partial charge in [-0.2, -0.15) is 0 Å². The highest BCUT2D eigenvalue weighted by Crippen LogP contribution is 2.25. The largest absolute Gasteiger partial charge is 0.507 e. The maximum absolute atomic E-state index is 11.2. The van der Waals surface area contributed by atoms with E-state index in [9.17, 15) is 14.7 Å². The Morgan fingerprint density at radius 2 is 2.00 bits per heavy atom. The monoisotopic (exact) mass is 332 g/mol. The van der Waals surface area contributed by atoms with E-state index in [0.29, 0.717) is 8.96 Å². The Hall–Kier alpha value is -1.57. The second-order valence-corrected chi connectivity index (χ2v) is 4.26. The lowest BCUT2D eigenvalue weighted by molar-refractivity contribution is 0.0692. The summed E-state index contributed by atoms with van der Waals surface area (Å²) in [7, 11) is 0. The molecule has 0 aliphatic carbocycles. The van der Waals surface area contributed by atoms with Crippen LogP contribution in [-0.4, -0.2) is 16.2 Å². The van der Waals surface area contributed by atoms with Crippen LogP contribution in [0.5, 0.6) is 5.75 Å². The maximum atomic E-state index is 11.2. The Morgan fingerprint density at radius 3 is 2.62 bits per heavy atom. The van der Waals surface area contributed by atoms with Crippen molar-refractivity contribution < 1.29 is 19.4 Å². The fraction of sp³-hybridized carbons (Fsp3) is 0. The maximum Gasteiger partial charge on any atom is 0.351 e. The van der Waals surface area contributed by atoms with Gasteiger partial charge in [-0.15, -0.1) is 0 Å². The van der Waals surface area contributed by atoms with Crippen LogP contribution >= 0.6 is 22.6 Å². The summed E-state index contributed by atoms with van der Waals surface area (Å²) < 4.78 is 5.34. The molecule has 1 aromatic carbocycles. The van der Waals surface area contributed by atoms with E-state index in [1.54, 1.807) is 6.07 Å². The Kier molecular flexibility index (Phi) is 2.58. The molecular formula is C10H5IO5. The summed E-state index contributed by atoms with van der Waals surface area (Å²) in [5, 5.41) is 18.6. The molecule has 0 radical (unpaired) electrons. The van der Waals surface area contributed by atoms with Gasteiger partial charge in [0.05, 0.1) is 3.57 Å². The SMILES string of the molecule is O=C(O)c1cc2cc(I)c(O)cc2oc1=O. The van der Waals surface area contributed by atoms with E-state index in [1.165, 1.54) is 12.1 Å². The van der Waals surface area contributed by atoms with Crippen LogP contribution < -0.4 is 5.63 Å². The number of fused-ring (bicyclic) bond motifs is 1. The molecule has 1 heterocycles. The second-order valence-electron chi connectivity index (χ2n) is 3.09. The Bertz CT molecular complexity index is 643. The molecule has 82 valence electrons. The minimum atomic E-state index is -1.33. The summed E-state index contributed by atoms with van der Waals surface area (Å²) in [5.74, 6) is -1.35. The summed E-state index contributed by atoms with van der Waals surface area (Å²) in [5.41, 5.74) is -1.19. The van der Waals surface area contributed by atoms with Gasteiger partial charge in [0.2, 0.25) is 0 Å². The van der Waals surface area contributed by atoms with Crippen LogP contribution in [-0.2, 0) is 0 Å². The molecule has 0 spiro atoms. The lowest BCUT2D eigenvalue weighted by Crippen LogP contribution is -2.12. The number of benzene rings is 1. The van der Waals surface area contributed by atoms with E-state index < -0.39 is 17.2 Å². The predicted octanol–water partition coefficient (Wildman–Crippen LogP) is 1.80. The molecule has 0 aliphatic rings. The van der Waals surface area contributed by atoms with Gasteiger partial charge in [-0.05, 0) is 34.7 Å². The van der Waals surface area contributed by atoms with Crippen molar-refractivity contribution in [1.29, 1.82) is 0 Å². The lowest BCUT2D eigenvalue weighted by Gasteiger charge is -2.01. The van der Waals surface area contributed by atoms with E-state index >= 15 is 0 Å². The van der Waals surface area contributed by atoms with Crippen LogP contribution in [0, 0.1) is 3.57 Å². The van der Waals surface area contributed by atoms with Gasteiger partial charge >= 0.3 is 11.6 Å². The van der Waals surface area contributed by atoms with Gasteiger partial charge in [0, 0.05) is 11.5 Å². The van der Waals surface area contributed by atoms with Gasteiger partial charge in [0.15, 0.2) is 0 Å². The van der Waals surface area contributed by atoms with E-state index in [4.69, 9.17) is 9.52 Å². The summed E-state index contributed by atoms with van der Waals surface area (Å²) in [4.78, 5) is 21.9. The third kappa shape index (κ3) is 1.75. The number of carboxylic acids is 1. The van der Waals surface area contributed by atoms with Crippen molar-refractivity contribution in [3.8, 4) is 5.75 Å². The van der Waals surface area contributed by atoms with Crippen LogP contribution in [0.15, 0.2) is 27.4 Å².